The Morgan fingerprint density at radius 2 is 2.54 bits per heavy atom. The number of carbonyl (C=O) groups excluding carboxylic acids is 1. The molecule has 0 spiro atoms. The highest BCUT2D eigenvalue weighted by Gasteiger charge is 2.08. The van der Waals surface area contributed by atoms with Gasteiger partial charge in [0.05, 0.1) is 7.11 Å². The third-order valence-corrected chi connectivity index (χ3v) is 2.17. The molecule has 0 unspecified atom stereocenters. The van der Waals surface area contributed by atoms with Crippen molar-refractivity contribution < 1.29 is 14.3 Å². The van der Waals surface area contributed by atoms with Crippen LogP contribution in [-0.2, 0) is 4.74 Å². The van der Waals surface area contributed by atoms with Gasteiger partial charge in [-0.1, -0.05) is 5.92 Å². The largest absolute Gasteiger partial charge is 0.480 e. The lowest BCUT2D eigenvalue weighted by atomic mass is 10.4. The molecule has 1 aromatic rings. The molecule has 0 bridgehead atoms. The molecule has 1 rings (SSSR count). The van der Waals surface area contributed by atoms with Gasteiger partial charge in [-0.3, -0.25) is 0 Å². The van der Waals surface area contributed by atoms with Crippen molar-refractivity contribution in [3.8, 4) is 18.1 Å². The Morgan fingerprint density at radius 3 is 3.15 bits per heavy atom. The fourth-order valence-corrected chi connectivity index (χ4v) is 1.47. The number of esters is 1. The van der Waals surface area contributed by atoms with Crippen molar-refractivity contribution in [2.45, 2.75) is 0 Å². The molecular formula is C9H8O3S. The minimum atomic E-state index is -0.361. The Hall–Kier alpha value is -1.47. The highest BCUT2D eigenvalue weighted by atomic mass is 32.1. The van der Waals surface area contributed by atoms with E-state index >= 15 is 0 Å². The van der Waals surface area contributed by atoms with Crippen LogP contribution >= 0.6 is 11.3 Å². The van der Waals surface area contributed by atoms with E-state index in [2.05, 4.69) is 10.7 Å². The second-order valence-corrected chi connectivity index (χ2v) is 3.04. The molecule has 0 amide bonds. The Labute approximate surface area is 80.3 Å². The van der Waals surface area contributed by atoms with E-state index in [0.29, 0.717) is 10.6 Å². The zero-order valence-corrected chi connectivity index (χ0v) is 7.89. The molecule has 1 aromatic heterocycles. The summed E-state index contributed by atoms with van der Waals surface area (Å²) in [7, 11) is 1.34. The summed E-state index contributed by atoms with van der Waals surface area (Å²) in [5.41, 5.74) is 0. The van der Waals surface area contributed by atoms with Gasteiger partial charge in [0.1, 0.15) is 17.2 Å². The molecular weight excluding hydrogens is 188 g/mol. The smallest absolute Gasteiger partial charge is 0.348 e. The maximum Gasteiger partial charge on any atom is 0.348 e. The molecule has 0 aliphatic carbocycles. The van der Waals surface area contributed by atoms with E-state index < -0.39 is 0 Å². The highest BCUT2D eigenvalue weighted by molar-refractivity contribution is 7.12. The minimum Gasteiger partial charge on any atom is -0.480 e. The predicted molar refractivity (Wildman–Crippen MR) is 50.0 cm³/mol. The molecule has 0 aliphatic rings. The first-order valence-electron chi connectivity index (χ1n) is 3.51. The number of carbonyl (C=O) groups is 1. The fourth-order valence-electron chi connectivity index (χ4n) is 0.727. The average Bonchev–Trinajstić information content (AvgIpc) is 2.62. The molecule has 4 heteroatoms. The van der Waals surface area contributed by atoms with Gasteiger partial charge < -0.3 is 9.47 Å². The summed E-state index contributed by atoms with van der Waals surface area (Å²) in [5.74, 6) is 2.57. The van der Waals surface area contributed by atoms with Crippen LogP contribution in [0.2, 0.25) is 0 Å². The van der Waals surface area contributed by atoms with Crippen molar-refractivity contribution in [3.63, 3.8) is 0 Å². The summed E-state index contributed by atoms with van der Waals surface area (Å²) >= 11 is 1.26. The molecule has 0 saturated heterocycles. The van der Waals surface area contributed by atoms with Crippen LogP contribution in [0.5, 0.6) is 5.75 Å². The lowest BCUT2D eigenvalue weighted by Crippen LogP contribution is -1.97. The van der Waals surface area contributed by atoms with Crippen molar-refractivity contribution in [1.82, 2.24) is 0 Å². The summed E-state index contributed by atoms with van der Waals surface area (Å²) in [5, 5.41) is 1.71. The van der Waals surface area contributed by atoms with Gasteiger partial charge in [-0.05, 0) is 0 Å². The molecule has 0 aromatic carbocycles. The van der Waals surface area contributed by atoms with E-state index in [-0.39, 0.29) is 12.6 Å². The number of rotatable bonds is 3. The summed E-state index contributed by atoms with van der Waals surface area (Å²) in [4.78, 5) is 11.5. The van der Waals surface area contributed by atoms with Crippen molar-refractivity contribution >= 4 is 17.3 Å². The summed E-state index contributed by atoms with van der Waals surface area (Å²) in [6.45, 7) is 0.206. The van der Waals surface area contributed by atoms with E-state index in [1.165, 1.54) is 18.4 Å². The molecule has 0 atom stereocenters. The summed E-state index contributed by atoms with van der Waals surface area (Å²) in [6, 6.07) is 1.60. The number of methoxy groups -OCH3 is 1. The van der Waals surface area contributed by atoms with Crippen LogP contribution in [0.25, 0.3) is 0 Å². The van der Waals surface area contributed by atoms with Gasteiger partial charge in [0.2, 0.25) is 0 Å². The molecule has 13 heavy (non-hydrogen) atoms. The summed E-state index contributed by atoms with van der Waals surface area (Å²) < 4.78 is 9.63. The first kappa shape index (κ1) is 9.62. The van der Waals surface area contributed by atoms with E-state index in [0.717, 1.165) is 0 Å². The second-order valence-electron chi connectivity index (χ2n) is 2.13. The van der Waals surface area contributed by atoms with Gasteiger partial charge in [0.25, 0.3) is 0 Å². The SMILES string of the molecule is C#CCOc1csc(C(=O)OC)c1. The lowest BCUT2D eigenvalue weighted by molar-refractivity contribution is 0.0606. The van der Waals surface area contributed by atoms with Gasteiger partial charge in [-0.15, -0.1) is 17.8 Å². The molecule has 0 aliphatic heterocycles. The van der Waals surface area contributed by atoms with E-state index in [1.54, 1.807) is 11.4 Å². The van der Waals surface area contributed by atoms with Gasteiger partial charge in [-0.2, -0.15) is 0 Å². The maximum absolute atomic E-state index is 11.0. The molecule has 3 nitrogen and oxygen atoms in total. The second kappa shape index (κ2) is 4.53. The third-order valence-electron chi connectivity index (χ3n) is 1.28. The van der Waals surface area contributed by atoms with E-state index in [4.69, 9.17) is 11.2 Å². The van der Waals surface area contributed by atoms with E-state index in [1.807, 2.05) is 0 Å². The van der Waals surface area contributed by atoms with Gasteiger partial charge >= 0.3 is 5.97 Å². The quantitative estimate of drug-likeness (QED) is 0.543. The average molecular weight is 196 g/mol. The lowest BCUT2D eigenvalue weighted by Gasteiger charge is -1.95. The Kier molecular flexibility index (Phi) is 3.35. The fraction of sp³-hybridized carbons (Fsp3) is 0.222. The van der Waals surface area contributed by atoms with Crippen molar-refractivity contribution in [1.29, 1.82) is 0 Å². The van der Waals surface area contributed by atoms with Crippen molar-refractivity contribution in [3.05, 3.63) is 16.3 Å². The van der Waals surface area contributed by atoms with Crippen LogP contribution < -0.4 is 4.74 Å². The zero-order chi connectivity index (χ0) is 9.68. The monoisotopic (exact) mass is 196 g/mol. The predicted octanol–water partition coefficient (Wildman–Crippen LogP) is 1.55. The highest BCUT2D eigenvalue weighted by Crippen LogP contribution is 2.21. The Balaban J connectivity index is 2.64. The van der Waals surface area contributed by atoms with E-state index in [9.17, 15) is 4.79 Å². The minimum absolute atomic E-state index is 0.206. The van der Waals surface area contributed by atoms with Gasteiger partial charge in [-0.25, -0.2) is 4.79 Å². The standard InChI is InChI=1S/C9H8O3S/c1-3-4-12-7-5-8(13-6-7)9(10)11-2/h1,5-6H,4H2,2H3. The zero-order valence-electron chi connectivity index (χ0n) is 7.07. The van der Waals surface area contributed by atoms with Crippen molar-refractivity contribution in [2.24, 2.45) is 0 Å². The van der Waals surface area contributed by atoms with Crippen LogP contribution in [0, 0.1) is 12.3 Å². The van der Waals surface area contributed by atoms with Gasteiger partial charge in [0.15, 0.2) is 0 Å². The van der Waals surface area contributed by atoms with Crippen LogP contribution in [0.4, 0.5) is 0 Å². The van der Waals surface area contributed by atoms with Crippen LogP contribution in [-0.4, -0.2) is 19.7 Å². The summed E-state index contributed by atoms with van der Waals surface area (Å²) in [6.07, 6.45) is 5.01. The molecule has 0 N–H and O–H groups in total. The third kappa shape index (κ3) is 2.49. The first-order valence-corrected chi connectivity index (χ1v) is 4.39. The van der Waals surface area contributed by atoms with Crippen LogP contribution in [0.3, 0.4) is 0 Å². The number of ether oxygens (including phenoxy) is 2. The molecule has 0 fully saturated rings. The maximum atomic E-state index is 11.0. The Bertz CT molecular complexity index is 335. The first-order chi connectivity index (χ1) is 6.27. The van der Waals surface area contributed by atoms with Gasteiger partial charge in [0, 0.05) is 11.4 Å². The molecule has 0 saturated carbocycles. The number of hydrogen-bond donors (Lipinski definition) is 0. The topological polar surface area (TPSA) is 35.5 Å². The number of hydrogen-bond acceptors (Lipinski definition) is 4. The number of terminal acetylenes is 1. The number of thiophene rings is 1. The molecule has 0 radical (unpaired) electrons. The van der Waals surface area contributed by atoms with Crippen LogP contribution in [0.15, 0.2) is 11.4 Å². The van der Waals surface area contributed by atoms with Crippen LogP contribution in [0.1, 0.15) is 9.67 Å². The normalized spacial score (nSPS) is 8.92. The molecule has 68 valence electrons. The molecule has 1 heterocycles. The Morgan fingerprint density at radius 1 is 1.77 bits per heavy atom. The van der Waals surface area contributed by atoms with Crippen molar-refractivity contribution in [2.75, 3.05) is 13.7 Å².